The van der Waals surface area contributed by atoms with Gasteiger partial charge in [0.05, 0.1) is 22.3 Å². The quantitative estimate of drug-likeness (QED) is 0.802. The molecule has 3 rings (SSSR count). The summed E-state index contributed by atoms with van der Waals surface area (Å²) in [6.45, 7) is 7.49. The monoisotopic (exact) mass is 318 g/mol. The maximum atomic E-state index is 12.0. The van der Waals surface area contributed by atoms with Gasteiger partial charge in [-0.05, 0) is 40.2 Å². The van der Waals surface area contributed by atoms with Crippen molar-refractivity contribution in [1.29, 1.82) is 0 Å². The standard InChI is InChI=1S/C16H22N4O3/c1-15(2,22)5-6-20-11-8-12-10(7-9(11)19-14(20)17)18-13(21)16(3,4)23-12/h7-8,22H,5-6H2,1-4H3,(H2,17,19)(H,18,21). The van der Waals surface area contributed by atoms with Gasteiger partial charge in [0.25, 0.3) is 5.91 Å². The van der Waals surface area contributed by atoms with Crippen LogP contribution in [0.4, 0.5) is 11.6 Å². The molecule has 4 N–H and O–H groups in total. The summed E-state index contributed by atoms with van der Waals surface area (Å²) in [7, 11) is 0. The van der Waals surface area contributed by atoms with Gasteiger partial charge in [0, 0.05) is 12.6 Å². The largest absolute Gasteiger partial charge is 0.476 e. The van der Waals surface area contributed by atoms with E-state index in [1.165, 1.54) is 0 Å². The van der Waals surface area contributed by atoms with E-state index in [-0.39, 0.29) is 5.91 Å². The van der Waals surface area contributed by atoms with Crippen LogP contribution in [0.2, 0.25) is 0 Å². The Hall–Kier alpha value is -2.28. The van der Waals surface area contributed by atoms with E-state index in [1.54, 1.807) is 33.8 Å². The molecular formula is C16H22N4O3. The maximum absolute atomic E-state index is 12.0. The number of carbonyl (C=O) groups excluding carboxylic acids is 1. The Bertz CT molecular complexity index is 787. The number of nitrogens with two attached hydrogens (primary N) is 1. The Morgan fingerprint density at radius 3 is 2.78 bits per heavy atom. The topological polar surface area (TPSA) is 102 Å². The number of aryl methyl sites for hydroxylation is 1. The molecule has 7 nitrogen and oxygen atoms in total. The molecule has 0 saturated heterocycles. The van der Waals surface area contributed by atoms with Gasteiger partial charge >= 0.3 is 0 Å². The molecule has 0 spiro atoms. The first-order valence-electron chi connectivity index (χ1n) is 7.59. The highest BCUT2D eigenvalue weighted by molar-refractivity contribution is 6.02. The zero-order chi connectivity index (χ0) is 17.0. The van der Waals surface area contributed by atoms with Crippen molar-refractivity contribution in [2.45, 2.75) is 51.9 Å². The molecule has 2 heterocycles. The predicted octanol–water partition coefficient (Wildman–Crippen LogP) is 1.89. The Kier molecular flexibility index (Phi) is 3.30. The van der Waals surface area contributed by atoms with E-state index in [2.05, 4.69) is 10.3 Å². The molecule has 2 aromatic rings. The first-order valence-corrected chi connectivity index (χ1v) is 7.59. The summed E-state index contributed by atoms with van der Waals surface area (Å²) in [5.41, 5.74) is 6.38. The van der Waals surface area contributed by atoms with Gasteiger partial charge < -0.3 is 25.5 Å². The average Bonchev–Trinajstić information content (AvgIpc) is 2.69. The first kappa shape index (κ1) is 15.6. The van der Waals surface area contributed by atoms with E-state index in [0.29, 0.717) is 35.9 Å². The minimum atomic E-state index is -0.926. The number of ether oxygens (including phenoxy) is 1. The molecule has 7 heteroatoms. The van der Waals surface area contributed by atoms with Crippen LogP contribution < -0.4 is 15.8 Å². The van der Waals surface area contributed by atoms with Crippen LogP contribution in [0.5, 0.6) is 5.75 Å². The van der Waals surface area contributed by atoms with Crippen molar-refractivity contribution in [3.8, 4) is 5.75 Å². The van der Waals surface area contributed by atoms with Crippen molar-refractivity contribution in [3.63, 3.8) is 0 Å². The van der Waals surface area contributed by atoms with Crippen LogP contribution in [0, 0.1) is 0 Å². The van der Waals surface area contributed by atoms with Crippen molar-refractivity contribution in [1.82, 2.24) is 9.55 Å². The van der Waals surface area contributed by atoms with E-state index in [9.17, 15) is 9.90 Å². The molecule has 124 valence electrons. The van der Waals surface area contributed by atoms with Crippen molar-refractivity contribution >= 4 is 28.6 Å². The summed E-state index contributed by atoms with van der Waals surface area (Å²) >= 11 is 0. The number of amides is 1. The lowest BCUT2D eigenvalue weighted by Gasteiger charge is -2.31. The molecule has 0 saturated carbocycles. The zero-order valence-electron chi connectivity index (χ0n) is 13.8. The van der Waals surface area contributed by atoms with Gasteiger partial charge in [0.1, 0.15) is 5.75 Å². The second-order valence-electron chi connectivity index (χ2n) is 7.09. The van der Waals surface area contributed by atoms with Crippen LogP contribution in [-0.2, 0) is 11.3 Å². The Labute approximate surface area is 134 Å². The fraction of sp³-hybridized carbons (Fsp3) is 0.500. The van der Waals surface area contributed by atoms with E-state index in [1.807, 2.05) is 10.6 Å². The molecule has 1 aliphatic rings. The highest BCUT2D eigenvalue weighted by Crippen LogP contribution is 2.37. The molecule has 0 atom stereocenters. The molecule has 1 aliphatic heterocycles. The Balaban J connectivity index is 2.04. The molecule has 0 unspecified atom stereocenters. The van der Waals surface area contributed by atoms with Crippen LogP contribution in [0.3, 0.4) is 0 Å². The average molecular weight is 318 g/mol. The molecular weight excluding hydrogens is 296 g/mol. The predicted molar refractivity (Wildman–Crippen MR) is 88.4 cm³/mol. The molecule has 0 aliphatic carbocycles. The van der Waals surface area contributed by atoms with Crippen molar-refractivity contribution in [2.24, 2.45) is 0 Å². The summed E-state index contributed by atoms with van der Waals surface area (Å²) in [6.07, 6.45) is 0.544. The third-order valence-electron chi connectivity index (χ3n) is 3.99. The third kappa shape index (κ3) is 2.84. The molecule has 0 radical (unpaired) electrons. The molecule has 1 amide bonds. The van der Waals surface area contributed by atoms with E-state index in [0.717, 1.165) is 5.52 Å². The fourth-order valence-electron chi connectivity index (χ4n) is 2.57. The lowest BCUT2D eigenvalue weighted by atomic mass is 10.1. The number of hydrogen-bond donors (Lipinski definition) is 3. The second-order valence-corrected chi connectivity index (χ2v) is 7.09. The lowest BCUT2D eigenvalue weighted by Crippen LogP contribution is -2.45. The smallest absolute Gasteiger partial charge is 0.268 e. The number of aromatic nitrogens is 2. The third-order valence-corrected chi connectivity index (χ3v) is 3.99. The molecule has 23 heavy (non-hydrogen) atoms. The fourth-order valence-corrected chi connectivity index (χ4v) is 2.57. The van der Waals surface area contributed by atoms with Gasteiger partial charge in [-0.25, -0.2) is 4.98 Å². The van der Waals surface area contributed by atoms with Crippen LogP contribution in [0.1, 0.15) is 34.1 Å². The van der Waals surface area contributed by atoms with Gasteiger partial charge in [-0.1, -0.05) is 0 Å². The minimum Gasteiger partial charge on any atom is -0.476 e. The Morgan fingerprint density at radius 2 is 2.13 bits per heavy atom. The van der Waals surface area contributed by atoms with Crippen LogP contribution in [0.25, 0.3) is 11.0 Å². The summed E-state index contributed by atoms with van der Waals surface area (Å²) in [4.78, 5) is 16.3. The zero-order valence-corrected chi connectivity index (χ0v) is 13.8. The van der Waals surface area contributed by atoms with Crippen LogP contribution in [0.15, 0.2) is 12.1 Å². The van der Waals surface area contributed by atoms with Gasteiger partial charge in [-0.3, -0.25) is 4.79 Å². The van der Waals surface area contributed by atoms with Crippen molar-refractivity contribution < 1.29 is 14.6 Å². The highest BCUT2D eigenvalue weighted by Gasteiger charge is 2.35. The van der Waals surface area contributed by atoms with Gasteiger partial charge in [0.2, 0.25) is 5.95 Å². The number of benzene rings is 1. The number of anilines is 2. The number of rotatable bonds is 3. The first-order chi connectivity index (χ1) is 10.6. The van der Waals surface area contributed by atoms with E-state index in [4.69, 9.17) is 10.5 Å². The molecule has 0 bridgehead atoms. The number of aliphatic hydroxyl groups is 1. The molecule has 1 aromatic carbocycles. The van der Waals surface area contributed by atoms with Crippen molar-refractivity contribution in [3.05, 3.63) is 12.1 Å². The normalized spacial score (nSPS) is 16.8. The summed E-state index contributed by atoms with van der Waals surface area (Å²) < 4.78 is 7.65. The van der Waals surface area contributed by atoms with Crippen LogP contribution >= 0.6 is 0 Å². The summed E-state index contributed by atoms with van der Waals surface area (Å²) in [6, 6.07) is 3.59. The number of fused-ring (bicyclic) bond motifs is 2. The number of nitrogen functional groups attached to an aromatic ring is 1. The van der Waals surface area contributed by atoms with E-state index >= 15 is 0 Å². The maximum Gasteiger partial charge on any atom is 0.268 e. The minimum absolute atomic E-state index is 0.196. The van der Waals surface area contributed by atoms with E-state index < -0.39 is 11.2 Å². The van der Waals surface area contributed by atoms with Crippen LogP contribution in [-0.4, -0.2) is 31.8 Å². The van der Waals surface area contributed by atoms with Crippen molar-refractivity contribution in [2.75, 3.05) is 11.1 Å². The number of hydrogen-bond acceptors (Lipinski definition) is 5. The lowest BCUT2D eigenvalue weighted by molar-refractivity contribution is -0.129. The highest BCUT2D eigenvalue weighted by atomic mass is 16.5. The van der Waals surface area contributed by atoms with Gasteiger partial charge in [-0.15, -0.1) is 0 Å². The number of imidazole rings is 1. The molecule has 0 fully saturated rings. The number of nitrogens with one attached hydrogen (secondary N) is 1. The Morgan fingerprint density at radius 1 is 1.43 bits per heavy atom. The molecule has 1 aromatic heterocycles. The summed E-state index contributed by atoms with van der Waals surface area (Å²) in [5, 5.41) is 12.8. The van der Waals surface area contributed by atoms with Gasteiger partial charge in [0.15, 0.2) is 5.60 Å². The number of carbonyl (C=O) groups is 1. The second kappa shape index (κ2) is 4.86. The summed E-state index contributed by atoms with van der Waals surface area (Å²) in [5.74, 6) is 0.766. The number of nitrogens with zero attached hydrogens (tertiary/aromatic N) is 2. The SMILES string of the molecule is CC(C)(O)CCn1c(N)nc2cc3c(cc21)OC(C)(C)C(=O)N3. The van der Waals surface area contributed by atoms with Gasteiger partial charge in [-0.2, -0.15) is 0 Å².